The Bertz CT molecular complexity index is 534. The molecule has 94 valence electrons. The lowest BCUT2D eigenvalue weighted by Gasteiger charge is -2.16. The number of halogens is 2. The molecule has 1 unspecified atom stereocenters. The van der Waals surface area contributed by atoms with E-state index in [9.17, 15) is 4.39 Å². The van der Waals surface area contributed by atoms with E-state index in [0.717, 1.165) is 16.7 Å². The first-order valence-electron chi connectivity index (χ1n) is 5.84. The summed E-state index contributed by atoms with van der Waals surface area (Å²) in [5.74, 6) is -0.315. The Balaban J connectivity index is 2.56. The molecule has 1 atom stereocenters. The van der Waals surface area contributed by atoms with Gasteiger partial charge in [0.1, 0.15) is 5.82 Å². The summed E-state index contributed by atoms with van der Waals surface area (Å²) < 4.78 is 13.4. The molecule has 0 heterocycles. The number of hydrogen-bond donors (Lipinski definition) is 1. The van der Waals surface area contributed by atoms with Crippen LogP contribution >= 0.6 is 11.6 Å². The van der Waals surface area contributed by atoms with Crippen LogP contribution in [-0.4, -0.2) is 7.05 Å². The molecule has 2 rings (SSSR count). The molecular weight excluding hydrogens is 249 g/mol. The van der Waals surface area contributed by atoms with Crippen LogP contribution in [0.3, 0.4) is 0 Å². The summed E-state index contributed by atoms with van der Waals surface area (Å²) in [6.45, 7) is 2.07. The van der Waals surface area contributed by atoms with Crippen LogP contribution in [0.1, 0.15) is 18.5 Å². The fourth-order valence-electron chi connectivity index (χ4n) is 2.00. The molecule has 0 bridgehead atoms. The molecule has 0 radical (unpaired) electrons. The van der Waals surface area contributed by atoms with E-state index in [1.807, 2.05) is 31.3 Å². The molecule has 0 saturated carbocycles. The highest BCUT2D eigenvalue weighted by Gasteiger charge is 2.11. The topological polar surface area (TPSA) is 12.0 Å². The standard InChI is InChI=1S/C15H15ClFN/c1-10(18-2)14-5-3-4-6-15(14)11-7-12(16)9-13(17)8-11/h3-10,18H,1-2H3. The fraction of sp³-hybridized carbons (Fsp3) is 0.200. The highest BCUT2D eigenvalue weighted by Crippen LogP contribution is 2.30. The predicted molar refractivity (Wildman–Crippen MR) is 74.3 cm³/mol. The smallest absolute Gasteiger partial charge is 0.125 e. The third-order valence-corrected chi connectivity index (χ3v) is 3.25. The van der Waals surface area contributed by atoms with E-state index in [2.05, 4.69) is 12.2 Å². The number of benzene rings is 2. The van der Waals surface area contributed by atoms with Gasteiger partial charge in [0.05, 0.1) is 0 Å². The summed E-state index contributed by atoms with van der Waals surface area (Å²) in [5.41, 5.74) is 2.93. The molecule has 2 aromatic rings. The normalized spacial score (nSPS) is 12.4. The molecule has 0 aliphatic heterocycles. The number of rotatable bonds is 3. The van der Waals surface area contributed by atoms with E-state index >= 15 is 0 Å². The van der Waals surface area contributed by atoms with Gasteiger partial charge in [0.15, 0.2) is 0 Å². The summed E-state index contributed by atoms with van der Waals surface area (Å²) >= 11 is 5.91. The van der Waals surface area contributed by atoms with Crippen molar-refractivity contribution in [2.24, 2.45) is 0 Å². The molecule has 0 aliphatic carbocycles. The van der Waals surface area contributed by atoms with Crippen LogP contribution in [0.25, 0.3) is 11.1 Å². The Labute approximate surface area is 112 Å². The zero-order valence-electron chi connectivity index (χ0n) is 10.4. The molecule has 1 N–H and O–H groups in total. The van der Waals surface area contributed by atoms with Gasteiger partial charge in [-0.3, -0.25) is 0 Å². The zero-order chi connectivity index (χ0) is 13.1. The van der Waals surface area contributed by atoms with Gasteiger partial charge in [-0.25, -0.2) is 4.39 Å². The Hall–Kier alpha value is -1.38. The van der Waals surface area contributed by atoms with E-state index in [0.29, 0.717) is 5.02 Å². The van der Waals surface area contributed by atoms with Crippen molar-refractivity contribution in [3.8, 4) is 11.1 Å². The van der Waals surface area contributed by atoms with Gasteiger partial charge in [-0.05, 0) is 48.9 Å². The van der Waals surface area contributed by atoms with Crippen molar-refractivity contribution >= 4 is 11.6 Å². The minimum absolute atomic E-state index is 0.197. The van der Waals surface area contributed by atoms with Gasteiger partial charge >= 0.3 is 0 Å². The van der Waals surface area contributed by atoms with Gasteiger partial charge in [0.2, 0.25) is 0 Å². The van der Waals surface area contributed by atoms with E-state index in [1.165, 1.54) is 12.1 Å². The SMILES string of the molecule is CNC(C)c1ccccc1-c1cc(F)cc(Cl)c1. The van der Waals surface area contributed by atoms with Gasteiger partial charge in [0.25, 0.3) is 0 Å². The monoisotopic (exact) mass is 263 g/mol. The van der Waals surface area contributed by atoms with Gasteiger partial charge in [-0.2, -0.15) is 0 Å². The first-order chi connectivity index (χ1) is 8.61. The number of nitrogens with one attached hydrogen (secondary N) is 1. The first-order valence-corrected chi connectivity index (χ1v) is 6.22. The molecule has 0 aliphatic rings. The summed E-state index contributed by atoms with van der Waals surface area (Å²) in [6, 6.07) is 12.7. The van der Waals surface area contributed by atoms with Crippen LogP contribution in [0.15, 0.2) is 42.5 Å². The quantitative estimate of drug-likeness (QED) is 0.864. The van der Waals surface area contributed by atoms with Crippen molar-refractivity contribution < 1.29 is 4.39 Å². The van der Waals surface area contributed by atoms with Gasteiger partial charge in [0, 0.05) is 11.1 Å². The van der Waals surface area contributed by atoms with Crippen LogP contribution in [0.2, 0.25) is 5.02 Å². The van der Waals surface area contributed by atoms with Crippen LogP contribution in [0, 0.1) is 5.82 Å². The molecule has 0 saturated heterocycles. The lowest BCUT2D eigenvalue weighted by atomic mass is 9.95. The lowest BCUT2D eigenvalue weighted by Crippen LogP contribution is -2.13. The van der Waals surface area contributed by atoms with Crippen LogP contribution in [0.5, 0.6) is 0 Å². The van der Waals surface area contributed by atoms with Crippen molar-refractivity contribution in [2.45, 2.75) is 13.0 Å². The van der Waals surface area contributed by atoms with Gasteiger partial charge < -0.3 is 5.32 Å². The highest BCUT2D eigenvalue weighted by molar-refractivity contribution is 6.30. The second-order valence-corrected chi connectivity index (χ2v) is 4.69. The van der Waals surface area contributed by atoms with Gasteiger partial charge in [-0.1, -0.05) is 35.9 Å². The zero-order valence-corrected chi connectivity index (χ0v) is 11.1. The maximum Gasteiger partial charge on any atom is 0.125 e. The molecule has 0 amide bonds. The maximum atomic E-state index is 13.4. The second-order valence-electron chi connectivity index (χ2n) is 4.26. The second kappa shape index (κ2) is 5.51. The minimum atomic E-state index is -0.315. The van der Waals surface area contributed by atoms with E-state index < -0.39 is 0 Å². The van der Waals surface area contributed by atoms with Gasteiger partial charge in [-0.15, -0.1) is 0 Å². The van der Waals surface area contributed by atoms with Crippen LogP contribution in [-0.2, 0) is 0 Å². The predicted octanol–water partition coefficient (Wildman–Crippen LogP) is 4.43. The third kappa shape index (κ3) is 2.71. The van der Waals surface area contributed by atoms with E-state index in [1.54, 1.807) is 6.07 Å². The lowest BCUT2D eigenvalue weighted by molar-refractivity contribution is 0.628. The summed E-state index contributed by atoms with van der Waals surface area (Å²) in [5, 5.41) is 3.61. The fourth-order valence-corrected chi connectivity index (χ4v) is 2.22. The van der Waals surface area contributed by atoms with Crippen molar-refractivity contribution in [3.63, 3.8) is 0 Å². The summed E-state index contributed by atoms with van der Waals surface area (Å²) in [4.78, 5) is 0. The third-order valence-electron chi connectivity index (χ3n) is 3.03. The molecule has 2 aromatic carbocycles. The Kier molecular flexibility index (Phi) is 4.00. The molecule has 18 heavy (non-hydrogen) atoms. The highest BCUT2D eigenvalue weighted by atomic mass is 35.5. The average molecular weight is 264 g/mol. The van der Waals surface area contributed by atoms with Crippen LogP contribution in [0.4, 0.5) is 4.39 Å². The molecule has 1 nitrogen and oxygen atoms in total. The molecule has 0 spiro atoms. The van der Waals surface area contributed by atoms with Crippen molar-refractivity contribution in [1.29, 1.82) is 0 Å². The summed E-state index contributed by atoms with van der Waals surface area (Å²) in [7, 11) is 1.90. The Morgan fingerprint density at radius 2 is 1.89 bits per heavy atom. The number of hydrogen-bond acceptors (Lipinski definition) is 1. The van der Waals surface area contributed by atoms with E-state index in [-0.39, 0.29) is 11.9 Å². The molecular formula is C15H15ClFN. The Morgan fingerprint density at radius 3 is 2.56 bits per heavy atom. The molecule has 3 heteroatoms. The van der Waals surface area contributed by atoms with Crippen molar-refractivity contribution in [2.75, 3.05) is 7.05 Å². The Morgan fingerprint density at radius 1 is 1.17 bits per heavy atom. The minimum Gasteiger partial charge on any atom is -0.313 e. The first kappa shape index (κ1) is 13.1. The molecule has 0 fully saturated rings. The maximum absolute atomic E-state index is 13.4. The molecule has 0 aromatic heterocycles. The summed E-state index contributed by atoms with van der Waals surface area (Å²) in [6.07, 6.45) is 0. The van der Waals surface area contributed by atoms with Crippen LogP contribution < -0.4 is 5.32 Å². The van der Waals surface area contributed by atoms with E-state index in [4.69, 9.17) is 11.6 Å². The van der Waals surface area contributed by atoms with Crippen molar-refractivity contribution in [1.82, 2.24) is 5.32 Å². The largest absolute Gasteiger partial charge is 0.313 e. The van der Waals surface area contributed by atoms with Crippen molar-refractivity contribution in [3.05, 3.63) is 58.9 Å². The average Bonchev–Trinajstić information content (AvgIpc) is 2.36.